The molecule has 18 heavy (non-hydrogen) atoms. The Hall–Kier alpha value is -1.69. The summed E-state index contributed by atoms with van der Waals surface area (Å²) in [6.45, 7) is 0.975. The first-order chi connectivity index (χ1) is 8.55. The molecule has 1 aliphatic heterocycles. The van der Waals surface area contributed by atoms with E-state index >= 15 is 0 Å². The van der Waals surface area contributed by atoms with Gasteiger partial charge in [-0.05, 0) is 24.1 Å². The molecule has 1 heterocycles. The predicted molar refractivity (Wildman–Crippen MR) is 58.3 cm³/mol. The topological polar surface area (TPSA) is 30.5 Å². The van der Waals surface area contributed by atoms with E-state index in [2.05, 4.69) is 10.2 Å². The molecule has 3 nitrogen and oxygen atoms in total. The van der Waals surface area contributed by atoms with Gasteiger partial charge in [-0.2, -0.15) is 18.1 Å². The van der Waals surface area contributed by atoms with Gasteiger partial charge >= 0.3 is 6.18 Å². The fourth-order valence-corrected chi connectivity index (χ4v) is 1.53. The van der Waals surface area contributed by atoms with Gasteiger partial charge in [-0.1, -0.05) is 12.1 Å². The van der Waals surface area contributed by atoms with Crippen LogP contribution >= 0.6 is 0 Å². The minimum Gasteiger partial charge on any atom is -0.353 e. The van der Waals surface area contributed by atoms with Crippen LogP contribution in [0.4, 0.5) is 13.2 Å². The van der Waals surface area contributed by atoms with Crippen LogP contribution in [0.3, 0.4) is 0 Å². The van der Waals surface area contributed by atoms with Crippen molar-refractivity contribution >= 4 is 0 Å². The third-order valence-electron chi connectivity index (χ3n) is 2.48. The number of benzene rings is 1. The first-order valence-electron chi connectivity index (χ1n) is 5.45. The van der Waals surface area contributed by atoms with E-state index in [4.69, 9.17) is 4.89 Å². The molecule has 0 atom stereocenters. The predicted octanol–water partition coefficient (Wildman–Crippen LogP) is 2.64. The zero-order chi connectivity index (χ0) is 13.0. The Kier molecular flexibility index (Phi) is 3.76. The number of halogens is 3. The molecule has 0 saturated heterocycles. The van der Waals surface area contributed by atoms with Crippen LogP contribution in [0.25, 0.3) is 0 Å². The summed E-state index contributed by atoms with van der Waals surface area (Å²) in [6.07, 6.45) is -1.93. The maximum atomic E-state index is 12.3. The molecule has 0 amide bonds. The van der Waals surface area contributed by atoms with Crippen molar-refractivity contribution in [3.8, 4) is 0 Å². The normalized spacial score (nSPS) is 15.2. The second kappa shape index (κ2) is 5.30. The van der Waals surface area contributed by atoms with E-state index in [0.717, 1.165) is 17.7 Å². The standard InChI is InChI=1S/C12H12F3NO2/c13-12(14,15)10-3-1-9(2-4-10)5-7-16-11-6-8-17-18-11/h1-4,6,16H,5,7-8H2. The van der Waals surface area contributed by atoms with Gasteiger partial charge in [0.2, 0.25) is 5.88 Å². The van der Waals surface area contributed by atoms with Gasteiger partial charge in [0, 0.05) is 12.6 Å². The molecule has 0 spiro atoms. The molecule has 0 bridgehead atoms. The summed E-state index contributed by atoms with van der Waals surface area (Å²) in [5, 5.41) is 2.97. The lowest BCUT2D eigenvalue weighted by molar-refractivity contribution is -0.238. The Morgan fingerprint density at radius 1 is 1.17 bits per heavy atom. The lowest BCUT2D eigenvalue weighted by Crippen LogP contribution is -2.16. The Morgan fingerprint density at radius 3 is 2.44 bits per heavy atom. The van der Waals surface area contributed by atoms with E-state index < -0.39 is 11.7 Å². The summed E-state index contributed by atoms with van der Waals surface area (Å²) >= 11 is 0. The highest BCUT2D eigenvalue weighted by Gasteiger charge is 2.29. The largest absolute Gasteiger partial charge is 0.416 e. The lowest BCUT2D eigenvalue weighted by Gasteiger charge is -2.08. The van der Waals surface area contributed by atoms with Crippen molar-refractivity contribution in [3.05, 3.63) is 47.4 Å². The first-order valence-corrected chi connectivity index (χ1v) is 5.45. The highest BCUT2D eigenvalue weighted by atomic mass is 19.4. The molecule has 0 unspecified atom stereocenters. The number of alkyl halides is 3. The molecule has 6 heteroatoms. The van der Waals surface area contributed by atoms with Crippen molar-refractivity contribution in [2.75, 3.05) is 13.2 Å². The molecule has 1 aromatic carbocycles. The Bertz CT molecular complexity index is 426. The van der Waals surface area contributed by atoms with Crippen LogP contribution in [-0.4, -0.2) is 13.2 Å². The average Bonchev–Trinajstić information content (AvgIpc) is 2.82. The molecule has 98 valence electrons. The van der Waals surface area contributed by atoms with E-state index in [1.165, 1.54) is 12.1 Å². The van der Waals surface area contributed by atoms with Crippen molar-refractivity contribution in [1.29, 1.82) is 0 Å². The van der Waals surface area contributed by atoms with Gasteiger partial charge in [0.1, 0.15) is 6.61 Å². The van der Waals surface area contributed by atoms with Gasteiger partial charge in [-0.3, -0.25) is 0 Å². The SMILES string of the molecule is FC(F)(F)c1ccc(CCNC2=CCOO2)cc1. The van der Waals surface area contributed by atoms with Crippen molar-refractivity contribution in [3.63, 3.8) is 0 Å². The van der Waals surface area contributed by atoms with Crippen molar-refractivity contribution in [2.45, 2.75) is 12.6 Å². The zero-order valence-corrected chi connectivity index (χ0v) is 9.46. The Balaban J connectivity index is 1.83. The molecular weight excluding hydrogens is 247 g/mol. The summed E-state index contributed by atoms with van der Waals surface area (Å²) in [7, 11) is 0. The van der Waals surface area contributed by atoms with Gasteiger partial charge < -0.3 is 10.2 Å². The summed E-state index contributed by atoms with van der Waals surface area (Å²) in [5.74, 6) is 0.543. The third kappa shape index (κ3) is 3.40. The van der Waals surface area contributed by atoms with Gasteiger partial charge in [0.15, 0.2) is 0 Å². The monoisotopic (exact) mass is 259 g/mol. The van der Waals surface area contributed by atoms with Crippen LogP contribution in [0, 0.1) is 0 Å². The summed E-state index contributed by atoms with van der Waals surface area (Å²) in [6, 6.07) is 5.13. The summed E-state index contributed by atoms with van der Waals surface area (Å²) in [4.78, 5) is 9.39. The van der Waals surface area contributed by atoms with Crippen LogP contribution in [0.15, 0.2) is 36.2 Å². The van der Waals surface area contributed by atoms with E-state index in [0.29, 0.717) is 25.5 Å². The van der Waals surface area contributed by atoms with E-state index in [1.54, 1.807) is 6.08 Å². The quantitative estimate of drug-likeness (QED) is 0.843. The van der Waals surface area contributed by atoms with E-state index in [-0.39, 0.29) is 0 Å². The van der Waals surface area contributed by atoms with Crippen molar-refractivity contribution < 1.29 is 22.9 Å². The van der Waals surface area contributed by atoms with Crippen LogP contribution in [0.5, 0.6) is 0 Å². The molecule has 1 N–H and O–H groups in total. The molecule has 0 saturated carbocycles. The molecule has 0 radical (unpaired) electrons. The second-order valence-corrected chi connectivity index (χ2v) is 3.81. The molecule has 0 fully saturated rings. The number of rotatable bonds is 4. The average molecular weight is 259 g/mol. The van der Waals surface area contributed by atoms with Crippen LogP contribution in [0.2, 0.25) is 0 Å². The van der Waals surface area contributed by atoms with Crippen LogP contribution in [0.1, 0.15) is 11.1 Å². The van der Waals surface area contributed by atoms with Gasteiger partial charge in [0.05, 0.1) is 5.56 Å². The molecular formula is C12H12F3NO2. The van der Waals surface area contributed by atoms with Gasteiger partial charge in [-0.25, -0.2) is 0 Å². The van der Waals surface area contributed by atoms with Gasteiger partial charge in [0.25, 0.3) is 0 Å². The Labute approximate surface area is 102 Å². The van der Waals surface area contributed by atoms with Crippen LogP contribution < -0.4 is 5.32 Å². The smallest absolute Gasteiger partial charge is 0.353 e. The first kappa shape index (κ1) is 12.8. The molecule has 1 aliphatic rings. The number of hydrogen-bond acceptors (Lipinski definition) is 3. The number of nitrogens with one attached hydrogen (secondary N) is 1. The maximum absolute atomic E-state index is 12.3. The molecule has 2 rings (SSSR count). The lowest BCUT2D eigenvalue weighted by atomic mass is 10.1. The summed E-state index contributed by atoms with van der Waals surface area (Å²) < 4.78 is 37.0. The molecule has 0 aliphatic carbocycles. The second-order valence-electron chi connectivity index (χ2n) is 3.81. The third-order valence-corrected chi connectivity index (χ3v) is 2.48. The minimum atomic E-state index is -4.28. The van der Waals surface area contributed by atoms with E-state index in [1.807, 2.05) is 0 Å². The zero-order valence-electron chi connectivity index (χ0n) is 9.46. The highest BCUT2D eigenvalue weighted by molar-refractivity contribution is 5.24. The van der Waals surface area contributed by atoms with Crippen molar-refractivity contribution in [2.24, 2.45) is 0 Å². The fraction of sp³-hybridized carbons (Fsp3) is 0.333. The summed E-state index contributed by atoms with van der Waals surface area (Å²) in [5.41, 5.74) is 0.199. The molecule has 1 aromatic rings. The van der Waals surface area contributed by atoms with Gasteiger partial charge in [-0.15, -0.1) is 0 Å². The van der Waals surface area contributed by atoms with Crippen molar-refractivity contribution in [1.82, 2.24) is 5.32 Å². The Morgan fingerprint density at radius 2 is 1.89 bits per heavy atom. The number of hydrogen-bond donors (Lipinski definition) is 1. The molecule has 0 aromatic heterocycles. The van der Waals surface area contributed by atoms with E-state index in [9.17, 15) is 13.2 Å². The maximum Gasteiger partial charge on any atom is 0.416 e. The van der Waals surface area contributed by atoms with Crippen LogP contribution in [-0.2, 0) is 22.4 Å². The fourth-order valence-electron chi connectivity index (χ4n) is 1.53. The highest BCUT2D eigenvalue weighted by Crippen LogP contribution is 2.29. The minimum absolute atomic E-state index is 0.405.